The monoisotopic (exact) mass is 312 g/mol. The smallest absolute Gasteiger partial charge is 0.445 e. The van der Waals surface area contributed by atoms with Gasteiger partial charge < -0.3 is 18.1 Å². The zero-order valence-corrected chi connectivity index (χ0v) is 15.4. The maximum Gasteiger partial charge on any atom is 1.00 e. The largest absolute Gasteiger partial charge is 1.00 e. The van der Waals surface area contributed by atoms with Gasteiger partial charge in [0.2, 0.25) is 0 Å². The zero-order valence-electron chi connectivity index (χ0n) is 12.3. The van der Waals surface area contributed by atoms with E-state index in [4.69, 9.17) is 0 Å². The molecular weight excluding hydrogens is 291 g/mol. The van der Waals surface area contributed by atoms with Crippen molar-refractivity contribution in [2.24, 2.45) is 0 Å². The normalized spacial score (nSPS) is 12.8. The molecule has 0 spiro atoms. The number of unbranched alkanes of at least 4 members (excludes halogenated alkanes) is 4. The summed E-state index contributed by atoms with van der Waals surface area (Å²) in [4.78, 5) is 0. The molecule has 1 aromatic carbocycles. The molecule has 1 atom stereocenters. The van der Waals surface area contributed by atoms with Gasteiger partial charge in [0.15, 0.2) is 0 Å². The SMILES string of the molecule is CCCCCCCC(O)c1ccc([B-](F)(F)F)cc1.[K+]. The third-order valence-corrected chi connectivity index (χ3v) is 3.28. The summed E-state index contributed by atoms with van der Waals surface area (Å²) in [7, 11) is 0. The van der Waals surface area contributed by atoms with E-state index in [2.05, 4.69) is 6.92 Å². The molecule has 0 aliphatic heterocycles. The van der Waals surface area contributed by atoms with Crippen molar-refractivity contribution in [2.75, 3.05) is 0 Å². The summed E-state index contributed by atoms with van der Waals surface area (Å²) in [6.45, 7) is -2.81. The molecule has 0 aromatic heterocycles. The van der Waals surface area contributed by atoms with Crippen molar-refractivity contribution in [2.45, 2.75) is 51.6 Å². The third kappa shape index (κ3) is 7.61. The van der Waals surface area contributed by atoms with Crippen LogP contribution in [0, 0.1) is 0 Å². The van der Waals surface area contributed by atoms with Crippen LogP contribution in [0.1, 0.15) is 57.1 Å². The summed E-state index contributed by atoms with van der Waals surface area (Å²) < 4.78 is 37.3. The molecule has 0 aliphatic carbocycles. The van der Waals surface area contributed by atoms with Crippen molar-refractivity contribution >= 4 is 12.4 Å². The summed E-state index contributed by atoms with van der Waals surface area (Å²) in [5.74, 6) is 0. The van der Waals surface area contributed by atoms with Gasteiger partial charge in [-0.2, -0.15) is 0 Å². The number of aliphatic hydroxyl groups excluding tert-OH is 1. The number of aliphatic hydroxyl groups is 1. The molecule has 108 valence electrons. The van der Waals surface area contributed by atoms with E-state index in [9.17, 15) is 18.1 Å². The van der Waals surface area contributed by atoms with Gasteiger partial charge in [-0.3, -0.25) is 0 Å². The van der Waals surface area contributed by atoms with Crippen molar-refractivity contribution < 1.29 is 69.4 Å². The second-order valence-corrected chi connectivity index (χ2v) is 4.96. The molecule has 0 aliphatic rings. The molecule has 1 nitrogen and oxygen atoms in total. The van der Waals surface area contributed by atoms with Crippen molar-refractivity contribution in [1.29, 1.82) is 0 Å². The van der Waals surface area contributed by atoms with Gasteiger partial charge in [-0.15, -0.1) is 5.46 Å². The predicted molar refractivity (Wildman–Crippen MR) is 73.5 cm³/mol. The molecule has 1 unspecified atom stereocenters. The van der Waals surface area contributed by atoms with Gasteiger partial charge in [0.1, 0.15) is 0 Å². The molecule has 0 saturated heterocycles. The Kier molecular flexibility index (Phi) is 10.8. The van der Waals surface area contributed by atoms with Gasteiger partial charge in [0.05, 0.1) is 6.10 Å². The molecular formula is C14H21BF3KO. The molecule has 20 heavy (non-hydrogen) atoms. The molecule has 0 bridgehead atoms. The molecule has 6 heteroatoms. The second kappa shape index (κ2) is 10.4. The van der Waals surface area contributed by atoms with E-state index in [0.717, 1.165) is 31.4 Å². The summed E-state index contributed by atoms with van der Waals surface area (Å²) >= 11 is 0. The molecule has 1 aromatic rings. The van der Waals surface area contributed by atoms with Crippen LogP contribution >= 0.6 is 0 Å². The fourth-order valence-electron chi connectivity index (χ4n) is 2.04. The van der Waals surface area contributed by atoms with Crippen LogP contribution in [0.4, 0.5) is 12.9 Å². The molecule has 0 amide bonds. The molecule has 0 fully saturated rings. The van der Waals surface area contributed by atoms with Crippen LogP contribution < -0.4 is 56.8 Å². The van der Waals surface area contributed by atoms with Crippen molar-refractivity contribution in [3.8, 4) is 0 Å². The zero-order chi connectivity index (χ0) is 14.3. The van der Waals surface area contributed by atoms with E-state index in [0.29, 0.717) is 12.0 Å². The maximum absolute atomic E-state index is 12.4. The Morgan fingerprint density at radius 2 is 1.55 bits per heavy atom. The van der Waals surface area contributed by atoms with E-state index in [1.807, 2.05) is 0 Å². The Morgan fingerprint density at radius 1 is 1.00 bits per heavy atom. The van der Waals surface area contributed by atoms with Crippen LogP contribution in [-0.2, 0) is 0 Å². The summed E-state index contributed by atoms with van der Waals surface area (Å²) in [5, 5.41) is 9.89. The average Bonchev–Trinajstić information content (AvgIpc) is 2.37. The molecule has 0 heterocycles. The van der Waals surface area contributed by atoms with Crippen LogP contribution in [0.5, 0.6) is 0 Å². The van der Waals surface area contributed by atoms with Crippen molar-refractivity contribution in [3.05, 3.63) is 29.8 Å². The van der Waals surface area contributed by atoms with E-state index in [-0.39, 0.29) is 51.4 Å². The Balaban J connectivity index is 0.00000361. The standard InChI is InChI=1S/C14H21BF3O.K/c1-2-3-4-5-6-7-14(19)12-8-10-13(11-9-12)15(16,17)18;/h8-11,14,19H,2-7H2,1H3;/q-1;+1. The molecule has 0 radical (unpaired) electrons. The number of hydrogen-bond donors (Lipinski definition) is 1. The Hall–Kier alpha value is 0.671. The Morgan fingerprint density at radius 3 is 2.05 bits per heavy atom. The van der Waals surface area contributed by atoms with Gasteiger partial charge in [-0.25, -0.2) is 0 Å². The van der Waals surface area contributed by atoms with Crippen molar-refractivity contribution in [3.63, 3.8) is 0 Å². The van der Waals surface area contributed by atoms with Gasteiger partial charge >= 0.3 is 58.4 Å². The first-order chi connectivity index (χ1) is 8.95. The first-order valence-electron chi connectivity index (χ1n) is 6.93. The first kappa shape index (κ1) is 20.7. The number of rotatable bonds is 8. The maximum atomic E-state index is 12.4. The first-order valence-corrected chi connectivity index (χ1v) is 6.93. The van der Waals surface area contributed by atoms with Crippen LogP contribution in [0.3, 0.4) is 0 Å². The minimum Gasteiger partial charge on any atom is -0.445 e. The fraction of sp³-hybridized carbons (Fsp3) is 0.571. The summed E-state index contributed by atoms with van der Waals surface area (Å²) in [6, 6.07) is 4.85. The quantitative estimate of drug-likeness (QED) is 0.564. The number of hydrogen-bond acceptors (Lipinski definition) is 1. The van der Waals surface area contributed by atoms with Gasteiger partial charge in [0.25, 0.3) is 0 Å². The second-order valence-electron chi connectivity index (χ2n) is 4.96. The van der Waals surface area contributed by atoms with Gasteiger partial charge in [0, 0.05) is 0 Å². The van der Waals surface area contributed by atoms with Crippen LogP contribution in [0.25, 0.3) is 0 Å². The predicted octanol–water partition coefficient (Wildman–Crippen LogP) is 1.14. The van der Waals surface area contributed by atoms with Crippen LogP contribution in [-0.4, -0.2) is 12.1 Å². The molecule has 1 rings (SSSR count). The minimum absolute atomic E-state index is 0. The van der Waals surface area contributed by atoms with Gasteiger partial charge in [-0.05, 0) is 12.0 Å². The number of halogens is 3. The summed E-state index contributed by atoms with van der Waals surface area (Å²) in [5.41, 5.74) is -0.0433. The summed E-state index contributed by atoms with van der Waals surface area (Å²) in [6.07, 6.45) is 5.44. The average molecular weight is 312 g/mol. The van der Waals surface area contributed by atoms with Crippen LogP contribution in [0.15, 0.2) is 24.3 Å². The molecule has 1 N–H and O–H groups in total. The Bertz CT molecular complexity index is 368. The van der Waals surface area contributed by atoms with E-state index in [1.54, 1.807) is 0 Å². The van der Waals surface area contributed by atoms with Crippen LogP contribution in [0.2, 0.25) is 0 Å². The van der Waals surface area contributed by atoms with Crippen molar-refractivity contribution in [1.82, 2.24) is 0 Å². The topological polar surface area (TPSA) is 20.2 Å². The van der Waals surface area contributed by atoms with E-state index < -0.39 is 18.5 Å². The van der Waals surface area contributed by atoms with E-state index >= 15 is 0 Å². The minimum atomic E-state index is -4.94. The van der Waals surface area contributed by atoms with Gasteiger partial charge in [-0.1, -0.05) is 63.3 Å². The van der Waals surface area contributed by atoms with E-state index in [1.165, 1.54) is 25.0 Å². The molecule has 0 saturated carbocycles. The number of benzene rings is 1. The fourth-order valence-corrected chi connectivity index (χ4v) is 2.04. The third-order valence-electron chi connectivity index (χ3n) is 3.28. The Labute approximate surface area is 161 Å².